The Morgan fingerprint density at radius 2 is 1.94 bits per heavy atom. The first-order valence-corrected chi connectivity index (χ1v) is 5.01. The van der Waals surface area contributed by atoms with E-state index in [0.29, 0.717) is 18.5 Å². The van der Waals surface area contributed by atoms with E-state index in [4.69, 9.17) is 0 Å². The number of hydrogen-bond acceptors (Lipinski definition) is 2. The van der Waals surface area contributed by atoms with E-state index < -0.39 is 5.41 Å². The van der Waals surface area contributed by atoms with Gasteiger partial charge in [-0.1, -0.05) is 44.2 Å². The molecule has 0 aliphatic heterocycles. The molecule has 1 fully saturated rings. The number of carbonyl (C=O) groups excluding carboxylic acids is 2. The molecule has 0 saturated heterocycles. The third-order valence-electron chi connectivity index (χ3n) is 2.35. The van der Waals surface area contributed by atoms with Gasteiger partial charge in [0.25, 0.3) is 0 Å². The quantitative estimate of drug-likeness (QED) is 0.381. The standard InChI is InChI=1S/C13H14NO2.Rb/c1-3-5-7-11(6-4-2)14-12(16)13(10-15)8-9-13;/h3-7H,1-2,8-9H2,(H,14,16);/q-1;+1/b7-5-,11-6+;. The second-order valence-corrected chi connectivity index (χ2v) is 3.59. The van der Waals surface area contributed by atoms with E-state index in [0.717, 1.165) is 0 Å². The van der Waals surface area contributed by atoms with Crippen LogP contribution in [0.15, 0.2) is 49.2 Å². The molecule has 0 aromatic rings. The molecule has 1 amide bonds. The zero-order valence-corrected chi connectivity index (χ0v) is 14.9. The average molecular weight is 302 g/mol. The molecule has 0 unspecified atom stereocenters. The third-order valence-corrected chi connectivity index (χ3v) is 2.35. The van der Waals surface area contributed by atoms with Crippen LogP contribution in [0, 0.1) is 5.41 Å². The molecule has 0 atom stereocenters. The second kappa shape index (κ2) is 8.09. The molecule has 1 aliphatic carbocycles. The minimum Gasteiger partial charge on any atom is -0.541 e. The topological polar surface area (TPSA) is 46.2 Å². The zero-order chi connectivity index (χ0) is 12.0. The Hall–Kier alpha value is -0.0948. The molecule has 1 rings (SSSR count). The molecule has 1 N–H and O–H groups in total. The first-order chi connectivity index (χ1) is 7.68. The first kappa shape index (κ1) is 16.9. The van der Waals surface area contributed by atoms with E-state index in [9.17, 15) is 9.59 Å². The van der Waals surface area contributed by atoms with Crippen molar-refractivity contribution < 1.29 is 67.8 Å². The van der Waals surface area contributed by atoms with Gasteiger partial charge in [0, 0.05) is 5.70 Å². The van der Waals surface area contributed by atoms with Crippen LogP contribution in [0.5, 0.6) is 0 Å². The number of hydrogen-bond donors (Lipinski definition) is 1. The van der Waals surface area contributed by atoms with E-state index in [1.165, 1.54) is 0 Å². The summed E-state index contributed by atoms with van der Waals surface area (Å²) in [5.41, 5.74) is -0.330. The van der Waals surface area contributed by atoms with Gasteiger partial charge in [-0.15, -0.1) is 0 Å². The van der Waals surface area contributed by atoms with Gasteiger partial charge in [0.15, 0.2) is 0 Å². The van der Waals surface area contributed by atoms with Crippen LogP contribution in [0.3, 0.4) is 0 Å². The molecule has 0 aromatic heterocycles. The second-order valence-electron chi connectivity index (χ2n) is 3.59. The Balaban J connectivity index is 0.00000256. The molecule has 1 saturated carbocycles. The molecular weight excluding hydrogens is 288 g/mol. The van der Waals surface area contributed by atoms with Gasteiger partial charge in [-0.25, -0.2) is 6.29 Å². The molecule has 0 spiro atoms. The fourth-order valence-corrected chi connectivity index (χ4v) is 1.19. The maximum absolute atomic E-state index is 11.7. The van der Waals surface area contributed by atoms with Crippen molar-refractivity contribution in [2.45, 2.75) is 12.8 Å². The van der Waals surface area contributed by atoms with Crippen LogP contribution in [0.1, 0.15) is 12.8 Å². The SMILES string of the molecule is C=C/C=C\C(=C/C=C)NC(=O)C1([C-]=O)CC1.[Rb+]. The minimum absolute atomic E-state index is 0. The number of amides is 1. The number of rotatable bonds is 6. The van der Waals surface area contributed by atoms with Gasteiger partial charge in [-0.3, -0.25) is 4.79 Å². The molecule has 1 aliphatic rings. The monoisotopic (exact) mass is 301 g/mol. The maximum Gasteiger partial charge on any atom is 1.00 e. The fraction of sp³-hybridized carbons (Fsp3) is 0.231. The van der Waals surface area contributed by atoms with Gasteiger partial charge in [0.05, 0.1) is 0 Å². The van der Waals surface area contributed by atoms with E-state index in [1.807, 2.05) is 0 Å². The predicted molar refractivity (Wildman–Crippen MR) is 63.1 cm³/mol. The van der Waals surface area contributed by atoms with Crippen molar-refractivity contribution >= 4 is 12.2 Å². The van der Waals surface area contributed by atoms with E-state index in [-0.39, 0.29) is 64.1 Å². The Kier molecular flexibility index (Phi) is 8.04. The van der Waals surface area contributed by atoms with E-state index in [2.05, 4.69) is 18.5 Å². The van der Waals surface area contributed by atoms with Crippen molar-refractivity contribution in [1.82, 2.24) is 5.32 Å². The molecule has 84 valence electrons. The van der Waals surface area contributed by atoms with Gasteiger partial charge in [-0.05, 0) is 17.6 Å². The Bertz CT molecular complexity index is 379. The third kappa shape index (κ3) is 4.96. The summed E-state index contributed by atoms with van der Waals surface area (Å²) in [7, 11) is 0. The van der Waals surface area contributed by atoms with Crippen LogP contribution in [0.25, 0.3) is 0 Å². The molecule has 0 heterocycles. The molecule has 4 heteroatoms. The number of carbonyl (C=O) groups is 1. The molecule has 17 heavy (non-hydrogen) atoms. The van der Waals surface area contributed by atoms with Gasteiger partial charge in [0.2, 0.25) is 5.91 Å². The van der Waals surface area contributed by atoms with Crippen LogP contribution in [-0.4, -0.2) is 12.2 Å². The summed E-state index contributed by atoms with van der Waals surface area (Å²) >= 11 is 0. The van der Waals surface area contributed by atoms with Crippen LogP contribution in [0.2, 0.25) is 0 Å². The van der Waals surface area contributed by atoms with Crippen molar-refractivity contribution in [2.75, 3.05) is 0 Å². The molecule has 0 bridgehead atoms. The van der Waals surface area contributed by atoms with Crippen LogP contribution in [0.4, 0.5) is 0 Å². The smallest absolute Gasteiger partial charge is 0.541 e. The summed E-state index contributed by atoms with van der Waals surface area (Å²) in [6, 6.07) is 0. The van der Waals surface area contributed by atoms with Gasteiger partial charge >= 0.3 is 58.2 Å². The van der Waals surface area contributed by atoms with E-state index in [1.54, 1.807) is 36.7 Å². The Labute approximate surface area is 151 Å². The van der Waals surface area contributed by atoms with Gasteiger partial charge in [-0.2, -0.15) is 0 Å². The van der Waals surface area contributed by atoms with Crippen molar-refractivity contribution in [2.24, 2.45) is 5.41 Å². The Morgan fingerprint density at radius 1 is 1.29 bits per heavy atom. The normalized spacial score (nSPS) is 16.8. The summed E-state index contributed by atoms with van der Waals surface area (Å²) < 4.78 is 0. The molecular formula is C13H14NO2Rb. The van der Waals surface area contributed by atoms with Crippen molar-refractivity contribution in [3.05, 3.63) is 49.2 Å². The van der Waals surface area contributed by atoms with Gasteiger partial charge < -0.3 is 10.1 Å². The average Bonchev–Trinajstić information content (AvgIpc) is 3.07. The van der Waals surface area contributed by atoms with Crippen LogP contribution >= 0.6 is 0 Å². The molecule has 0 aromatic carbocycles. The summed E-state index contributed by atoms with van der Waals surface area (Å²) in [5, 5.41) is 2.66. The first-order valence-electron chi connectivity index (χ1n) is 5.01. The minimum atomic E-state index is -0.914. The summed E-state index contributed by atoms with van der Waals surface area (Å²) in [6.07, 6.45) is 11.1. The zero-order valence-electron chi connectivity index (χ0n) is 10.0. The summed E-state index contributed by atoms with van der Waals surface area (Å²) in [4.78, 5) is 22.3. The van der Waals surface area contributed by atoms with Crippen molar-refractivity contribution in [3.63, 3.8) is 0 Å². The number of allylic oxidation sites excluding steroid dienone is 5. The largest absolute Gasteiger partial charge is 1.00 e. The maximum atomic E-state index is 11.7. The van der Waals surface area contributed by atoms with E-state index >= 15 is 0 Å². The predicted octanol–water partition coefficient (Wildman–Crippen LogP) is -1.19. The van der Waals surface area contributed by atoms with Crippen molar-refractivity contribution in [3.8, 4) is 0 Å². The number of nitrogens with one attached hydrogen (secondary N) is 1. The Morgan fingerprint density at radius 3 is 2.35 bits per heavy atom. The fourth-order valence-electron chi connectivity index (χ4n) is 1.19. The molecule has 0 radical (unpaired) electrons. The molecule has 3 nitrogen and oxygen atoms in total. The summed E-state index contributed by atoms with van der Waals surface area (Å²) in [6.45, 7) is 7.08. The van der Waals surface area contributed by atoms with Crippen LogP contribution in [-0.2, 0) is 9.59 Å². The van der Waals surface area contributed by atoms with Crippen molar-refractivity contribution in [1.29, 1.82) is 0 Å². The summed E-state index contributed by atoms with van der Waals surface area (Å²) in [5.74, 6) is -0.302. The van der Waals surface area contributed by atoms with Crippen LogP contribution < -0.4 is 63.5 Å². The van der Waals surface area contributed by atoms with Gasteiger partial charge in [0.1, 0.15) is 0 Å².